The van der Waals surface area contributed by atoms with Crippen molar-refractivity contribution in [2.24, 2.45) is 0 Å². The maximum atomic E-state index is 12.8. The highest BCUT2D eigenvalue weighted by Crippen LogP contribution is 2.13. The van der Waals surface area contributed by atoms with Crippen molar-refractivity contribution in [3.8, 4) is 0 Å². The first-order valence-corrected chi connectivity index (χ1v) is 30.6. The summed E-state index contributed by atoms with van der Waals surface area (Å²) in [6.07, 6.45) is 93.8. The SMILES string of the molecule is CC/C=C\C/C=C\C/C=C\C/C=C\C/C=C\C/C=C\C/C=C\C/C=C\CCCCCCCCCCC(=O)OCC(COC(=O)CCCCCCC/C=C\C/C=C\CCC)OC(=O)CC/C=C\C/C=C\C/C=C\C/C=C\CC. The van der Waals surface area contributed by atoms with Crippen molar-refractivity contribution in [1.82, 2.24) is 0 Å². The molecule has 0 saturated heterocycles. The third kappa shape index (κ3) is 61.5. The van der Waals surface area contributed by atoms with Gasteiger partial charge in [0.2, 0.25) is 0 Å². The minimum absolute atomic E-state index is 0.123. The van der Waals surface area contributed by atoms with Crippen LogP contribution in [0.1, 0.15) is 239 Å². The summed E-state index contributed by atoms with van der Waals surface area (Å²) >= 11 is 0. The summed E-state index contributed by atoms with van der Waals surface area (Å²) in [5.41, 5.74) is 0. The first kappa shape index (κ1) is 71.8. The molecule has 77 heavy (non-hydrogen) atoms. The largest absolute Gasteiger partial charge is 0.462 e. The van der Waals surface area contributed by atoms with E-state index in [2.05, 4.69) is 179 Å². The second-order valence-corrected chi connectivity index (χ2v) is 19.5. The molecule has 0 aliphatic carbocycles. The van der Waals surface area contributed by atoms with E-state index in [0.29, 0.717) is 19.3 Å². The summed E-state index contributed by atoms with van der Waals surface area (Å²) in [7, 11) is 0. The van der Waals surface area contributed by atoms with Gasteiger partial charge in [-0.3, -0.25) is 14.4 Å². The molecule has 0 amide bonds. The van der Waals surface area contributed by atoms with Gasteiger partial charge in [-0.2, -0.15) is 0 Å². The second-order valence-electron chi connectivity index (χ2n) is 19.5. The molecule has 0 aromatic rings. The Labute approximate surface area is 472 Å². The Hall–Kier alpha value is -5.23. The van der Waals surface area contributed by atoms with E-state index in [-0.39, 0.29) is 31.6 Å². The summed E-state index contributed by atoms with van der Waals surface area (Å²) in [6, 6.07) is 0. The summed E-state index contributed by atoms with van der Waals surface area (Å²) in [5.74, 6) is -1.04. The lowest BCUT2D eigenvalue weighted by Gasteiger charge is -2.18. The molecule has 430 valence electrons. The van der Waals surface area contributed by atoms with Gasteiger partial charge in [0.05, 0.1) is 0 Å². The number of unbranched alkanes of at least 4 members (excludes halogenated alkanes) is 14. The Morgan fingerprint density at radius 2 is 0.532 bits per heavy atom. The lowest BCUT2D eigenvalue weighted by molar-refractivity contribution is -0.166. The molecule has 0 aromatic carbocycles. The third-order valence-electron chi connectivity index (χ3n) is 12.2. The van der Waals surface area contributed by atoms with Crippen LogP contribution in [0.25, 0.3) is 0 Å². The molecule has 0 aliphatic rings. The van der Waals surface area contributed by atoms with Crippen LogP contribution >= 0.6 is 0 Å². The van der Waals surface area contributed by atoms with Crippen molar-refractivity contribution >= 4 is 17.9 Å². The summed E-state index contributed by atoms with van der Waals surface area (Å²) in [6.45, 7) is 6.24. The van der Waals surface area contributed by atoms with Gasteiger partial charge in [-0.25, -0.2) is 0 Å². The summed E-state index contributed by atoms with van der Waals surface area (Å²) in [5, 5.41) is 0. The number of carbonyl (C=O) groups is 3. The van der Waals surface area contributed by atoms with Crippen LogP contribution in [0.15, 0.2) is 170 Å². The van der Waals surface area contributed by atoms with Gasteiger partial charge in [-0.1, -0.05) is 255 Å². The highest BCUT2D eigenvalue weighted by molar-refractivity contribution is 5.71. The standard InChI is InChI=1S/C71H110O6/c1-4-7-10-13-16-19-22-25-26-27-28-29-30-31-32-33-34-35-36-37-38-39-40-41-42-43-44-47-49-52-55-58-61-64-70(73)76-67-68(77-71(74)65-62-59-56-53-50-46-24-21-18-15-12-9-6-3)66-75-69(72)63-60-57-54-51-48-45-23-20-17-14-11-8-5-2/h7,9-12,14,16,18-21,23,25-26,28-29,31-32,34-35,37-38,40-41,46,50,56,59,68H,4-6,8,13,15,17,22,24,27,30,33,36,39,42-45,47-49,51-55,57-58,60-67H2,1-3H3/b10-7-,12-9-,14-11-,19-16-,21-18-,23-20-,26-25-,29-28-,32-31-,35-34-,38-37-,41-40-,50-46-,59-56-. The fourth-order valence-electron chi connectivity index (χ4n) is 7.68. The molecule has 0 aromatic heterocycles. The summed E-state index contributed by atoms with van der Waals surface area (Å²) in [4.78, 5) is 38.1. The lowest BCUT2D eigenvalue weighted by atomic mass is 10.1. The first-order chi connectivity index (χ1) is 38.0. The van der Waals surface area contributed by atoms with Crippen molar-refractivity contribution < 1.29 is 28.6 Å². The van der Waals surface area contributed by atoms with Crippen LogP contribution in [0, 0.1) is 0 Å². The van der Waals surface area contributed by atoms with Crippen LogP contribution in [-0.4, -0.2) is 37.2 Å². The molecule has 0 radical (unpaired) electrons. The molecule has 0 saturated carbocycles. The molecule has 0 aliphatic heterocycles. The lowest BCUT2D eigenvalue weighted by Crippen LogP contribution is -2.30. The smallest absolute Gasteiger partial charge is 0.306 e. The Bertz CT molecular complexity index is 1790. The molecular weight excluding hydrogens is 949 g/mol. The number of ether oxygens (including phenoxy) is 3. The fourth-order valence-corrected chi connectivity index (χ4v) is 7.68. The minimum Gasteiger partial charge on any atom is -0.462 e. The van der Waals surface area contributed by atoms with Gasteiger partial charge in [0.25, 0.3) is 0 Å². The Morgan fingerprint density at radius 3 is 0.844 bits per heavy atom. The molecular formula is C71H110O6. The van der Waals surface area contributed by atoms with E-state index in [0.717, 1.165) is 154 Å². The van der Waals surface area contributed by atoms with Crippen molar-refractivity contribution in [3.63, 3.8) is 0 Å². The van der Waals surface area contributed by atoms with Gasteiger partial charge in [0, 0.05) is 19.3 Å². The monoisotopic (exact) mass is 1060 g/mol. The van der Waals surface area contributed by atoms with E-state index in [9.17, 15) is 14.4 Å². The molecule has 0 rings (SSSR count). The molecule has 6 heteroatoms. The number of carbonyl (C=O) groups excluding carboxylic acids is 3. The number of hydrogen-bond acceptors (Lipinski definition) is 6. The topological polar surface area (TPSA) is 78.9 Å². The van der Waals surface area contributed by atoms with Gasteiger partial charge in [0.1, 0.15) is 13.2 Å². The average molecular weight is 1060 g/mol. The van der Waals surface area contributed by atoms with Gasteiger partial charge in [-0.05, 0) is 135 Å². The van der Waals surface area contributed by atoms with Crippen molar-refractivity contribution in [3.05, 3.63) is 170 Å². The Kier molecular flexibility index (Phi) is 59.0. The molecule has 0 N–H and O–H groups in total. The van der Waals surface area contributed by atoms with E-state index >= 15 is 0 Å². The maximum absolute atomic E-state index is 12.8. The summed E-state index contributed by atoms with van der Waals surface area (Å²) < 4.78 is 16.8. The molecule has 0 heterocycles. The molecule has 0 fully saturated rings. The minimum atomic E-state index is -0.833. The molecule has 0 bridgehead atoms. The van der Waals surface area contributed by atoms with Crippen LogP contribution in [0.3, 0.4) is 0 Å². The average Bonchev–Trinajstić information content (AvgIpc) is 3.43. The zero-order chi connectivity index (χ0) is 55.7. The Morgan fingerprint density at radius 1 is 0.273 bits per heavy atom. The van der Waals surface area contributed by atoms with Crippen molar-refractivity contribution in [2.45, 2.75) is 245 Å². The fraction of sp³-hybridized carbons (Fsp3) is 0.563. The van der Waals surface area contributed by atoms with Crippen molar-refractivity contribution in [2.75, 3.05) is 13.2 Å². The number of hydrogen-bond donors (Lipinski definition) is 0. The van der Waals surface area contributed by atoms with Crippen LogP contribution < -0.4 is 0 Å². The zero-order valence-corrected chi connectivity index (χ0v) is 49.1. The maximum Gasteiger partial charge on any atom is 0.306 e. The van der Waals surface area contributed by atoms with Crippen molar-refractivity contribution in [1.29, 1.82) is 0 Å². The van der Waals surface area contributed by atoms with Gasteiger partial charge < -0.3 is 14.2 Å². The molecule has 0 spiro atoms. The van der Waals surface area contributed by atoms with E-state index in [1.165, 1.54) is 38.5 Å². The van der Waals surface area contributed by atoms with Crippen LogP contribution in [-0.2, 0) is 28.6 Å². The highest BCUT2D eigenvalue weighted by Gasteiger charge is 2.19. The highest BCUT2D eigenvalue weighted by atomic mass is 16.6. The van der Waals surface area contributed by atoms with Gasteiger partial charge in [-0.15, -0.1) is 0 Å². The van der Waals surface area contributed by atoms with E-state index in [1.807, 2.05) is 12.2 Å². The van der Waals surface area contributed by atoms with Gasteiger partial charge >= 0.3 is 17.9 Å². The second kappa shape index (κ2) is 63.3. The third-order valence-corrected chi connectivity index (χ3v) is 12.2. The van der Waals surface area contributed by atoms with Crippen LogP contribution in [0.4, 0.5) is 0 Å². The molecule has 1 atom stereocenters. The molecule has 6 nitrogen and oxygen atoms in total. The predicted molar refractivity (Wildman–Crippen MR) is 334 cm³/mol. The van der Waals surface area contributed by atoms with E-state index in [1.54, 1.807) is 0 Å². The number of rotatable bonds is 53. The van der Waals surface area contributed by atoms with E-state index < -0.39 is 12.1 Å². The first-order valence-electron chi connectivity index (χ1n) is 30.6. The normalized spacial score (nSPS) is 13.3. The zero-order valence-electron chi connectivity index (χ0n) is 49.1. The quantitative estimate of drug-likeness (QED) is 0.0261. The Balaban J connectivity index is 4.31. The predicted octanol–water partition coefficient (Wildman–Crippen LogP) is 21.1. The van der Waals surface area contributed by atoms with Gasteiger partial charge in [0.15, 0.2) is 6.10 Å². The number of allylic oxidation sites excluding steroid dienone is 28. The molecule has 1 unspecified atom stereocenters. The van der Waals surface area contributed by atoms with Crippen LogP contribution in [0.5, 0.6) is 0 Å². The van der Waals surface area contributed by atoms with Crippen LogP contribution in [0.2, 0.25) is 0 Å². The van der Waals surface area contributed by atoms with E-state index in [4.69, 9.17) is 14.2 Å². The number of esters is 3.